The first-order valence-corrected chi connectivity index (χ1v) is 5.95. The average Bonchev–Trinajstić information content (AvgIpc) is 2.41. The Balaban J connectivity index is 2.04. The van der Waals surface area contributed by atoms with Crippen LogP contribution in [-0.4, -0.2) is 17.2 Å². The van der Waals surface area contributed by atoms with Crippen molar-refractivity contribution in [2.75, 3.05) is 0 Å². The van der Waals surface area contributed by atoms with Crippen LogP contribution in [0.5, 0.6) is 5.75 Å². The van der Waals surface area contributed by atoms with E-state index in [4.69, 9.17) is 0 Å². The van der Waals surface area contributed by atoms with E-state index >= 15 is 0 Å². The van der Waals surface area contributed by atoms with E-state index < -0.39 is 11.7 Å². The molecule has 0 atom stereocenters. The zero-order chi connectivity index (χ0) is 14.5. The fourth-order valence-electron chi connectivity index (χ4n) is 1.62. The number of nitrogens with one attached hydrogen (secondary N) is 1. The van der Waals surface area contributed by atoms with Gasteiger partial charge >= 0.3 is 0 Å². The fraction of sp³-hybridized carbons (Fsp3) is 0.0667. The molecule has 0 unspecified atom stereocenters. The second-order valence-electron chi connectivity index (χ2n) is 4.27. The molecule has 0 aromatic heterocycles. The Labute approximate surface area is 115 Å². The van der Waals surface area contributed by atoms with E-state index in [1.54, 1.807) is 12.1 Å². The van der Waals surface area contributed by atoms with Gasteiger partial charge in [0, 0.05) is 11.1 Å². The Hall–Kier alpha value is -2.69. The van der Waals surface area contributed by atoms with Crippen LogP contribution < -0.4 is 5.43 Å². The molecule has 5 heteroatoms. The first-order valence-electron chi connectivity index (χ1n) is 5.95. The molecule has 0 heterocycles. The van der Waals surface area contributed by atoms with Crippen LogP contribution in [0, 0.1) is 12.7 Å². The first kappa shape index (κ1) is 13.7. The standard InChI is InChI=1S/C15H13FN2O2/c1-10-5-6-12(14(19)7-10)9-17-18-15(20)11-3-2-4-13(16)8-11/h2-9,19H,1H3,(H,18,20)/b17-9-. The topological polar surface area (TPSA) is 61.7 Å². The summed E-state index contributed by atoms with van der Waals surface area (Å²) >= 11 is 0. The predicted molar refractivity (Wildman–Crippen MR) is 74.3 cm³/mol. The molecule has 102 valence electrons. The van der Waals surface area contributed by atoms with Gasteiger partial charge in [-0.15, -0.1) is 0 Å². The maximum Gasteiger partial charge on any atom is 0.271 e. The van der Waals surface area contributed by atoms with Crippen molar-refractivity contribution in [1.82, 2.24) is 5.43 Å². The number of rotatable bonds is 3. The van der Waals surface area contributed by atoms with Crippen molar-refractivity contribution in [3.8, 4) is 5.75 Å². The molecule has 2 rings (SSSR count). The van der Waals surface area contributed by atoms with Crippen LogP contribution in [0.15, 0.2) is 47.6 Å². The highest BCUT2D eigenvalue weighted by Crippen LogP contribution is 2.16. The van der Waals surface area contributed by atoms with E-state index in [2.05, 4.69) is 10.5 Å². The summed E-state index contributed by atoms with van der Waals surface area (Å²) in [5, 5.41) is 13.4. The number of aromatic hydroxyl groups is 1. The van der Waals surface area contributed by atoms with Gasteiger partial charge in [0.2, 0.25) is 0 Å². The van der Waals surface area contributed by atoms with Gasteiger partial charge in [-0.2, -0.15) is 5.10 Å². The molecule has 2 aromatic rings. The van der Waals surface area contributed by atoms with E-state index in [9.17, 15) is 14.3 Å². The largest absolute Gasteiger partial charge is 0.507 e. The molecule has 20 heavy (non-hydrogen) atoms. The van der Waals surface area contributed by atoms with Gasteiger partial charge in [0.25, 0.3) is 5.91 Å². The van der Waals surface area contributed by atoms with Gasteiger partial charge < -0.3 is 5.11 Å². The van der Waals surface area contributed by atoms with Crippen molar-refractivity contribution < 1.29 is 14.3 Å². The van der Waals surface area contributed by atoms with Crippen molar-refractivity contribution >= 4 is 12.1 Å². The molecule has 0 aliphatic carbocycles. The van der Waals surface area contributed by atoms with E-state index in [0.717, 1.165) is 11.6 Å². The molecule has 0 saturated carbocycles. The van der Waals surface area contributed by atoms with Crippen molar-refractivity contribution in [2.45, 2.75) is 6.92 Å². The number of phenolic OH excluding ortho intramolecular Hbond substituents is 1. The van der Waals surface area contributed by atoms with Crippen LogP contribution in [0.4, 0.5) is 4.39 Å². The van der Waals surface area contributed by atoms with Gasteiger partial charge in [0.1, 0.15) is 11.6 Å². The average molecular weight is 272 g/mol. The van der Waals surface area contributed by atoms with E-state index in [1.165, 1.54) is 24.4 Å². The number of halogens is 1. The zero-order valence-electron chi connectivity index (χ0n) is 10.8. The Bertz CT molecular complexity index is 669. The molecule has 0 spiro atoms. The molecule has 2 aromatic carbocycles. The van der Waals surface area contributed by atoms with Gasteiger partial charge in [-0.1, -0.05) is 12.1 Å². The van der Waals surface area contributed by atoms with Gasteiger partial charge in [-0.3, -0.25) is 4.79 Å². The maximum absolute atomic E-state index is 13.0. The molecule has 0 radical (unpaired) electrons. The van der Waals surface area contributed by atoms with Crippen LogP contribution in [0.3, 0.4) is 0 Å². The summed E-state index contributed by atoms with van der Waals surface area (Å²) in [6.07, 6.45) is 1.33. The number of aryl methyl sites for hydroxylation is 1. The molecular weight excluding hydrogens is 259 g/mol. The van der Waals surface area contributed by atoms with Crippen LogP contribution in [0.2, 0.25) is 0 Å². The lowest BCUT2D eigenvalue weighted by atomic mass is 10.1. The minimum absolute atomic E-state index is 0.0776. The molecule has 0 aliphatic heterocycles. The van der Waals surface area contributed by atoms with Crippen LogP contribution in [0.25, 0.3) is 0 Å². The third-order valence-electron chi connectivity index (χ3n) is 2.64. The number of carbonyl (C=O) groups is 1. The van der Waals surface area contributed by atoms with Crippen molar-refractivity contribution in [2.24, 2.45) is 5.10 Å². The van der Waals surface area contributed by atoms with Crippen LogP contribution >= 0.6 is 0 Å². The monoisotopic (exact) mass is 272 g/mol. The molecule has 4 nitrogen and oxygen atoms in total. The van der Waals surface area contributed by atoms with Crippen molar-refractivity contribution in [3.05, 3.63) is 65.0 Å². The lowest BCUT2D eigenvalue weighted by Crippen LogP contribution is -2.17. The van der Waals surface area contributed by atoms with E-state index in [0.29, 0.717) is 5.56 Å². The third kappa shape index (κ3) is 3.41. The lowest BCUT2D eigenvalue weighted by molar-refractivity contribution is 0.0954. The smallest absolute Gasteiger partial charge is 0.271 e. The molecule has 0 bridgehead atoms. The van der Waals surface area contributed by atoms with Gasteiger partial charge in [0.15, 0.2) is 0 Å². The number of carbonyl (C=O) groups excluding carboxylic acids is 1. The second-order valence-corrected chi connectivity index (χ2v) is 4.27. The third-order valence-corrected chi connectivity index (χ3v) is 2.64. The van der Waals surface area contributed by atoms with Crippen molar-refractivity contribution in [1.29, 1.82) is 0 Å². The van der Waals surface area contributed by atoms with Crippen molar-refractivity contribution in [3.63, 3.8) is 0 Å². The van der Waals surface area contributed by atoms with Crippen LogP contribution in [-0.2, 0) is 0 Å². The predicted octanol–water partition coefficient (Wildman–Crippen LogP) is 2.60. The number of hydrazone groups is 1. The highest BCUT2D eigenvalue weighted by molar-refractivity contribution is 5.95. The quantitative estimate of drug-likeness (QED) is 0.666. The molecule has 2 N–H and O–H groups in total. The normalized spacial score (nSPS) is 10.7. The Morgan fingerprint density at radius 1 is 1.30 bits per heavy atom. The number of nitrogens with zero attached hydrogens (tertiary/aromatic N) is 1. The highest BCUT2D eigenvalue weighted by atomic mass is 19.1. The highest BCUT2D eigenvalue weighted by Gasteiger charge is 2.04. The first-order chi connectivity index (χ1) is 9.56. The number of hydrogen-bond acceptors (Lipinski definition) is 3. The Kier molecular flexibility index (Phi) is 4.10. The number of amides is 1. The lowest BCUT2D eigenvalue weighted by Gasteiger charge is -2.01. The summed E-state index contributed by atoms with van der Waals surface area (Å²) in [5.74, 6) is -0.932. The molecule has 0 aliphatic rings. The molecule has 0 fully saturated rings. The zero-order valence-corrected chi connectivity index (χ0v) is 10.8. The summed E-state index contributed by atoms with van der Waals surface area (Å²) in [4.78, 5) is 11.7. The Morgan fingerprint density at radius 3 is 2.80 bits per heavy atom. The number of hydrogen-bond donors (Lipinski definition) is 2. The summed E-state index contributed by atoms with van der Waals surface area (Å²) in [7, 11) is 0. The number of benzene rings is 2. The molecular formula is C15H13FN2O2. The summed E-state index contributed by atoms with van der Waals surface area (Å²) < 4.78 is 13.0. The van der Waals surface area contributed by atoms with Gasteiger partial charge in [-0.25, -0.2) is 9.82 Å². The Morgan fingerprint density at radius 2 is 2.10 bits per heavy atom. The summed E-state index contributed by atoms with van der Waals surface area (Å²) in [6.45, 7) is 1.85. The summed E-state index contributed by atoms with van der Waals surface area (Å²) in [6, 6.07) is 10.4. The van der Waals surface area contributed by atoms with Gasteiger partial charge in [-0.05, 0) is 42.8 Å². The minimum atomic E-state index is -0.521. The van der Waals surface area contributed by atoms with E-state index in [-0.39, 0.29) is 11.3 Å². The van der Waals surface area contributed by atoms with Gasteiger partial charge in [0.05, 0.1) is 6.21 Å². The maximum atomic E-state index is 13.0. The summed E-state index contributed by atoms with van der Waals surface area (Å²) in [5.41, 5.74) is 3.85. The molecule has 1 amide bonds. The molecule has 0 saturated heterocycles. The second kappa shape index (κ2) is 5.97. The van der Waals surface area contributed by atoms with E-state index in [1.807, 2.05) is 13.0 Å². The minimum Gasteiger partial charge on any atom is -0.507 e. The SMILES string of the molecule is Cc1ccc(/C=N\NC(=O)c2cccc(F)c2)c(O)c1. The van der Waals surface area contributed by atoms with Crippen LogP contribution in [0.1, 0.15) is 21.5 Å². The fourth-order valence-corrected chi connectivity index (χ4v) is 1.62. The number of phenols is 1.